The maximum Gasteiger partial charge on any atom is 0.416 e. The Morgan fingerprint density at radius 1 is 1.25 bits per heavy atom. The molecule has 0 saturated carbocycles. The number of nitrogens with one attached hydrogen (secondary N) is 1. The molecule has 0 radical (unpaired) electrons. The average Bonchev–Trinajstić information content (AvgIpc) is 2.70. The van der Waals surface area contributed by atoms with Crippen LogP contribution in [0.15, 0.2) is 24.3 Å². The fourth-order valence-electron chi connectivity index (χ4n) is 1.69. The Labute approximate surface area is 91.4 Å². The minimum atomic E-state index is -4.26. The maximum atomic E-state index is 12.3. The van der Waals surface area contributed by atoms with Crippen molar-refractivity contribution in [2.45, 2.75) is 25.1 Å². The zero-order valence-electron chi connectivity index (χ0n) is 8.55. The molecule has 1 unspecified atom stereocenters. The summed E-state index contributed by atoms with van der Waals surface area (Å²) in [7, 11) is 0. The molecule has 1 N–H and O–H groups in total. The molecule has 1 fully saturated rings. The second-order valence-electron chi connectivity index (χ2n) is 3.85. The van der Waals surface area contributed by atoms with Crippen molar-refractivity contribution in [2.24, 2.45) is 0 Å². The molecule has 2 nitrogen and oxygen atoms in total. The Bertz CT molecular complexity index is 341. The minimum Gasteiger partial charge on any atom is -0.301 e. The molecule has 1 atom stereocenters. The molecule has 1 aromatic rings. The van der Waals surface area contributed by atoms with Gasteiger partial charge < -0.3 is 4.84 Å². The van der Waals surface area contributed by atoms with E-state index in [1.165, 1.54) is 12.1 Å². The Balaban J connectivity index is 2.01. The summed E-state index contributed by atoms with van der Waals surface area (Å²) in [6.45, 7) is 0.658. The van der Waals surface area contributed by atoms with Crippen molar-refractivity contribution in [1.82, 2.24) is 5.48 Å². The highest BCUT2D eigenvalue weighted by Crippen LogP contribution is 2.29. The van der Waals surface area contributed by atoms with Crippen molar-refractivity contribution in [3.05, 3.63) is 35.4 Å². The summed E-state index contributed by atoms with van der Waals surface area (Å²) in [5, 5.41) is 0. The third-order valence-corrected chi connectivity index (χ3v) is 2.58. The Hall–Kier alpha value is -1.07. The summed E-state index contributed by atoms with van der Waals surface area (Å²) in [6, 6.07) is 5.47. The van der Waals surface area contributed by atoms with Crippen LogP contribution in [0.3, 0.4) is 0 Å². The fourth-order valence-corrected chi connectivity index (χ4v) is 1.69. The summed E-state index contributed by atoms with van der Waals surface area (Å²) in [6.07, 6.45) is -2.67. The van der Waals surface area contributed by atoms with E-state index in [2.05, 4.69) is 5.48 Å². The van der Waals surface area contributed by atoms with Crippen molar-refractivity contribution in [1.29, 1.82) is 0 Å². The van der Waals surface area contributed by atoms with E-state index >= 15 is 0 Å². The van der Waals surface area contributed by atoms with Crippen molar-refractivity contribution in [2.75, 3.05) is 6.61 Å². The molecular weight excluding hydrogens is 219 g/mol. The van der Waals surface area contributed by atoms with Gasteiger partial charge in [0.1, 0.15) is 0 Å². The standard InChI is InChI=1S/C11H12F3NO/c12-11(13,14)9-3-1-8(2-4-9)7-10-5-6-16-15-10/h1-4,10,15H,5-7H2. The van der Waals surface area contributed by atoms with Crippen LogP contribution in [0.2, 0.25) is 0 Å². The molecule has 0 amide bonds. The van der Waals surface area contributed by atoms with Gasteiger partial charge in [0, 0.05) is 6.04 Å². The Morgan fingerprint density at radius 3 is 2.44 bits per heavy atom. The van der Waals surface area contributed by atoms with Gasteiger partial charge in [-0.25, -0.2) is 0 Å². The van der Waals surface area contributed by atoms with Gasteiger partial charge in [-0.1, -0.05) is 12.1 Å². The molecule has 1 heterocycles. The van der Waals surface area contributed by atoms with Gasteiger partial charge in [-0.3, -0.25) is 0 Å². The van der Waals surface area contributed by atoms with Crippen LogP contribution < -0.4 is 5.48 Å². The molecule has 0 aromatic heterocycles. The van der Waals surface area contributed by atoms with Crippen LogP contribution >= 0.6 is 0 Å². The van der Waals surface area contributed by atoms with Crippen molar-refractivity contribution >= 4 is 0 Å². The van der Waals surface area contributed by atoms with Crippen LogP contribution in [0.4, 0.5) is 13.2 Å². The third-order valence-electron chi connectivity index (χ3n) is 2.58. The first-order chi connectivity index (χ1) is 7.55. The molecule has 1 aliphatic rings. The number of halogens is 3. The van der Waals surface area contributed by atoms with E-state index in [1.807, 2.05) is 0 Å². The lowest BCUT2D eigenvalue weighted by Crippen LogP contribution is -2.22. The largest absolute Gasteiger partial charge is 0.416 e. The lowest BCUT2D eigenvalue weighted by atomic mass is 10.0. The summed E-state index contributed by atoms with van der Waals surface area (Å²) in [5.74, 6) is 0. The first-order valence-electron chi connectivity index (χ1n) is 5.09. The number of hydroxylamine groups is 1. The van der Waals surface area contributed by atoms with E-state index < -0.39 is 11.7 Å². The van der Waals surface area contributed by atoms with Crippen LogP contribution in [0.5, 0.6) is 0 Å². The zero-order valence-corrected chi connectivity index (χ0v) is 8.55. The summed E-state index contributed by atoms with van der Waals surface area (Å²) in [5.41, 5.74) is 3.11. The SMILES string of the molecule is FC(F)(F)c1ccc(CC2CCON2)cc1. The molecule has 2 rings (SSSR count). The number of benzene rings is 1. The molecule has 0 bridgehead atoms. The monoisotopic (exact) mass is 231 g/mol. The van der Waals surface area contributed by atoms with E-state index in [4.69, 9.17) is 4.84 Å². The molecule has 1 saturated heterocycles. The number of alkyl halides is 3. The van der Waals surface area contributed by atoms with Crippen molar-refractivity contribution in [3.8, 4) is 0 Å². The molecule has 5 heteroatoms. The molecule has 0 spiro atoms. The first kappa shape index (κ1) is 11.4. The Morgan fingerprint density at radius 2 is 1.94 bits per heavy atom. The average molecular weight is 231 g/mol. The highest BCUT2D eigenvalue weighted by molar-refractivity contribution is 5.25. The van der Waals surface area contributed by atoms with Crippen LogP contribution in [-0.2, 0) is 17.4 Å². The third kappa shape index (κ3) is 2.74. The zero-order chi connectivity index (χ0) is 11.6. The van der Waals surface area contributed by atoms with Crippen molar-refractivity contribution < 1.29 is 18.0 Å². The molecule has 1 aromatic carbocycles. The van der Waals surface area contributed by atoms with Gasteiger partial charge in [-0.05, 0) is 30.5 Å². The van der Waals surface area contributed by atoms with E-state index in [0.717, 1.165) is 24.1 Å². The van der Waals surface area contributed by atoms with Gasteiger partial charge in [-0.2, -0.15) is 18.7 Å². The lowest BCUT2D eigenvalue weighted by molar-refractivity contribution is -0.137. The highest BCUT2D eigenvalue weighted by atomic mass is 19.4. The number of rotatable bonds is 2. The van der Waals surface area contributed by atoms with Gasteiger partial charge in [0.05, 0.1) is 12.2 Å². The van der Waals surface area contributed by atoms with Gasteiger partial charge in [-0.15, -0.1) is 0 Å². The molecule has 0 aliphatic carbocycles. The first-order valence-corrected chi connectivity index (χ1v) is 5.09. The predicted molar refractivity (Wildman–Crippen MR) is 52.6 cm³/mol. The van der Waals surface area contributed by atoms with E-state index in [0.29, 0.717) is 13.0 Å². The number of hydrogen-bond donors (Lipinski definition) is 1. The molecule has 1 aliphatic heterocycles. The predicted octanol–water partition coefficient (Wildman–Crippen LogP) is 2.54. The van der Waals surface area contributed by atoms with E-state index in [9.17, 15) is 13.2 Å². The van der Waals surface area contributed by atoms with Crippen LogP contribution in [0, 0.1) is 0 Å². The van der Waals surface area contributed by atoms with Gasteiger partial charge in [0.15, 0.2) is 0 Å². The summed E-state index contributed by atoms with van der Waals surface area (Å²) in [4.78, 5) is 4.98. The maximum absolute atomic E-state index is 12.3. The number of hydrogen-bond acceptors (Lipinski definition) is 2. The topological polar surface area (TPSA) is 21.3 Å². The molecular formula is C11H12F3NO. The van der Waals surface area contributed by atoms with Gasteiger partial charge >= 0.3 is 6.18 Å². The Kier molecular flexibility index (Phi) is 3.16. The normalized spacial score (nSPS) is 21.3. The second kappa shape index (κ2) is 4.43. The smallest absolute Gasteiger partial charge is 0.301 e. The fraction of sp³-hybridized carbons (Fsp3) is 0.455. The van der Waals surface area contributed by atoms with E-state index in [-0.39, 0.29) is 6.04 Å². The van der Waals surface area contributed by atoms with Crippen LogP contribution in [0.1, 0.15) is 17.5 Å². The van der Waals surface area contributed by atoms with Crippen LogP contribution in [-0.4, -0.2) is 12.6 Å². The highest BCUT2D eigenvalue weighted by Gasteiger charge is 2.30. The summed E-state index contributed by atoms with van der Waals surface area (Å²) < 4.78 is 36.9. The van der Waals surface area contributed by atoms with Crippen molar-refractivity contribution in [3.63, 3.8) is 0 Å². The van der Waals surface area contributed by atoms with E-state index in [1.54, 1.807) is 0 Å². The van der Waals surface area contributed by atoms with Gasteiger partial charge in [0.2, 0.25) is 0 Å². The van der Waals surface area contributed by atoms with Gasteiger partial charge in [0.25, 0.3) is 0 Å². The second-order valence-corrected chi connectivity index (χ2v) is 3.85. The molecule has 88 valence electrons. The molecule has 16 heavy (non-hydrogen) atoms. The quantitative estimate of drug-likeness (QED) is 0.844. The lowest BCUT2D eigenvalue weighted by Gasteiger charge is -2.10. The van der Waals surface area contributed by atoms with Crippen LogP contribution in [0.25, 0.3) is 0 Å². The minimum absolute atomic E-state index is 0.205. The summed E-state index contributed by atoms with van der Waals surface area (Å²) >= 11 is 0.